The summed E-state index contributed by atoms with van der Waals surface area (Å²) in [6, 6.07) is 18.5. The van der Waals surface area contributed by atoms with Crippen LogP contribution in [0.25, 0.3) is 11.1 Å². The Morgan fingerprint density at radius 3 is 2.10 bits per heavy atom. The van der Waals surface area contributed by atoms with Crippen LogP contribution >= 0.6 is 0 Å². The van der Waals surface area contributed by atoms with Gasteiger partial charge in [0, 0.05) is 12.1 Å². The Morgan fingerprint density at radius 2 is 1.58 bits per heavy atom. The zero-order chi connectivity index (χ0) is 22.0. The number of primary amides is 1. The third-order valence-electron chi connectivity index (χ3n) is 5.16. The molecule has 8 heteroatoms. The van der Waals surface area contributed by atoms with Gasteiger partial charge < -0.3 is 15.6 Å². The number of aromatic nitrogens is 1. The van der Waals surface area contributed by atoms with Crippen molar-refractivity contribution in [1.82, 2.24) is 4.98 Å². The number of carbonyl (C=O) groups is 3. The van der Waals surface area contributed by atoms with Crippen molar-refractivity contribution in [2.24, 2.45) is 5.73 Å². The fourth-order valence-electron chi connectivity index (χ4n) is 3.74. The van der Waals surface area contributed by atoms with Gasteiger partial charge in [0.05, 0.1) is 5.56 Å². The second-order valence-corrected chi connectivity index (χ2v) is 7.05. The number of ether oxygens (including phenoxy) is 1. The molecule has 1 heterocycles. The van der Waals surface area contributed by atoms with Gasteiger partial charge in [0.2, 0.25) is 5.91 Å². The lowest BCUT2D eigenvalue weighted by molar-refractivity contribution is -0.135. The van der Waals surface area contributed by atoms with Crippen LogP contribution in [0.1, 0.15) is 27.4 Å². The van der Waals surface area contributed by atoms with Crippen molar-refractivity contribution >= 4 is 23.8 Å². The Bertz CT molecular complexity index is 1110. The molecule has 156 valence electrons. The van der Waals surface area contributed by atoms with E-state index in [0.717, 1.165) is 27.2 Å². The number of carboxylic acids is 1. The van der Waals surface area contributed by atoms with Crippen LogP contribution in [0.2, 0.25) is 0 Å². The highest BCUT2D eigenvalue weighted by Gasteiger charge is 2.30. The largest absolute Gasteiger partial charge is 0.480 e. The Kier molecular flexibility index (Phi) is 5.36. The first-order chi connectivity index (χ1) is 15.0. The second-order valence-electron chi connectivity index (χ2n) is 7.05. The van der Waals surface area contributed by atoms with Crippen LogP contribution in [-0.4, -0.2) is 41.2 Å². The molecule has 8 nitrogen and oxygen atoms in total. The Labute approximate surface area is 177 Å². The van der Waals surface area contributed by atoms with Crippen molar-refractivity contribution in [3.05, 3.63) is 83.6 Å². The molecule has 0 spiro atoms. The van der Waals surface area contributed by atoms with Gasteiger partial charge in [-0.05, 0) is 34.4 Å². The quantitative estimate of drug-likeness (QED) is 0.636. The summed E-state index contributed by atoms with van der Waals surface area (Å²) in [4.78, 5) is 40.2. The topological polar surface area (TPSA) is 123 Å². The normalized spacial score (nSPS) is 12.0. The number of aliphatic carboxylic acids is 1. The highest BCUT2D eigenvalue weighted by Crippen LogP contribution is 2.44. The molecule has 2 aromatic carbocycles. The molecule has 1 aromatic heterocycles. The van der Waals surface area contributed by atoms with E-state index in [1.807, 2.05) is 48.5 Å². The van der Waals surface area contributed by atoms with Crippen LogP contribution in [0.4, 0.5) is 10.6 Å². The molecule has 1 aliphatic rings. The van der Waals surface area contributed by atoms with Crippen LogP contribution in [-0.2, 0) is 9.53 Å². The molecular formula is C23H19N3O5. The summed E-state index contributed by atoms with van der Waals surface area (Å²) in [5, 5.41) is 9.23. The number of hydrogen-bond acceptors (Lipinski definition) is 5. The van der Waals surface area contributed by atoms with Crippen molar-refractivity contribution in [2.75, 3.05) is 18.1 Å². The monoisotopic (exact) mass is 417 g/mol. The van der Waals surface area contributed by atoms with Crippen molar-refractivity contribution in [3.8, 4) is 11.1 Å². The molecule has 31 heavy (non-hydrogen) atoms. The van der Waals surface area contributed by atoms with E-state index in [-0.39, 0.29) is 23.9 Å². The number of fused-ring (bicyclic) bond motifs is 3. The lowest BCUT2D eigenvalue weighted by Gasteiger charge is -2.21. The molecular weight excluding hydrogens is 398 g/mol. The zero-order valence-electron chi connectivity index (χ0n) is 16.4. The summed E-state index contributed by atoms with van der Waals surface area (Å²) in [5.41, 5.74) is 9.61. The van der Waals surface area contributed by atoms with Gasteiger partial charge in [-0.1, -0.05) is 48.5 Å². The molecule has 0 fully saturated rings. The van der Waals surface area contributed by atoms with Gasteiger partial charge in [0.1, 0.15) is 19.0 Å². The van der Waals surface area contributed by atoms with Crippen LogP contribution in [0.15, 0.2) is 66.9 Å². The number of rotatable bonds is 6. The first-order valence-corrected chi connectivity index (χ1v) is 9.56. The molecule has 0 atom stereocenters. The predicted octanol–water partition coefficient (Wildman–Crippen LogP) is 3.02. The maximum Gasteiger partial charge on any atom is 0.416 e. The number of nitrogens with zero attached hydrogens (tertiary/aromatic N) is 2. The fourth-order valence-corrected chi connectivity index (χ4v) is 3.74. The van der Waals surface area contributed by atoms with Gasteiger partial charge in [-0.3, -0.25) is 14.5 Å². The summed E-state index contributed by atoms with van der Waals surface area (Å²) in [7, 11) is 0. The molecule has 0 radical (unpaired) electrons. The van der Waals surface area contributed by atoms with E-state index in [1.165, 1.54) is 18.3 Å². The minimum Gasteiger partial charge on any atom is -0.480 e. The maximum absolute atomic E-state index is 12.8. The predicted molar refractivity (Wildman–Crippen MR) is 113 cm³/mol. The van der Waals surface area contributed by atoms with Crippen molar-refractivity contribution in [3.63, 3.8) is 0 Å². The molecule has 0 saturated carbocycles. The molecule has 4 rings (SSSR count). The Morgan fingerprint density at radius 1 is 0.968 bits per heavy atom. The fraction of sp³-hybridized carbons (Fsp3) is 0.130. The molecule has 0 saturated heterocycles. The van der Waals surface area contributed by atoms with E-state index in [9.17, 15) is 19.5 Å². The number of nitrogens with two attached hydrogens (primary N) is 1. The van der Waals surface area contributed by atoms with Gasteiger partial charge in [-0.2, -0.15) is 0 Å². The number of pyridine rings is 1. The van der Waals surface area contributed by atoms with Gasteiger partial charge in [0.15, 0.2) is 0 Å². The van der Waals surface area contributed by atoms with Gasteiger partial charge >= 0.3 is 12.1 Å². The third kappa shape index (κ3) is 3.95. The number of amides is 2. The number of anilines is 1. The van der Waals surface area contributed by atoms with Crippen LogP contribution < -0.4 is 10.6 Å². The van der Waals surface area contributed by atoms with E-state index in [4.69, 9.17) is 10.5 Å². The first-order valence-electron chi connectivity index (χ1n) is 9.56. The van der Waals surface area contributed by atoms with E-state index in [0.29, 0.717) is 0 Å². The number of carboxylic acid groups (broad SMARTS) is 1. The SMILES string of the molecule is NC(=O)c1ccc(N(CC(=O)O)C(=O)OCC2c3ccccc3-c3ccccc32)nc1. The minimum absolute atomic E-state index is 0.0440. The molecule has 3 N–H and O–H groups in total. The summed E-state index contributed by atoms with van der Waals surface area (Å²) in [6.45, 7) is -0.595. The molecule has 1 aliphatic carbocycles. The number of carbonyl (C=O) groups excluding carboxylic acids is 2. The lowest BCUT2D eigenvalue weighted by atomic mass is 9.98. The molecule has 3 aromatic rings. The first kappa shape index (κ1) is 20.1. The van der Waals surface area contributed by atoms with Crippen molar-refractivity contribution in [2.45, 2.75) is 5.92 Å². The Balaban J connectivity index is 1.56. The van der Waals surface area contributed by atoms with Crippen LogP contribution in [0.5, 0.6) is 0 Å². The summed E-state index contributed by atoms with van der Waals surface area (Å²) in [5.74, 6) is -2.02. The molecule has 0 unspecified atom stereocenters. The smallest absolute Gasteiger partial charge is 0.416 e. The molecule has 0 bridgehead atoms. The zero-order valence-corrected chi connectivity index (χ0v) is 16.4. The standard InChI is InChI=1S/C23H19N3O5/c24-22(29)14-9-10-20(25-11-14)26(12-21(27)28)23(30)31-13-19-17-7-3-1-5-15(17)16-6-2-4-8-18(16)19/h1-11,19H,12-13H2,(H2,24,29)(H,27,28). The summed E-state index contributed by atoms with van der Waals surface area (Å²) in [6.07, 6.45) is 0.340. The highest BCUT2D eigenvalue weighted by molar-refractivity contribution is 5.94. The lowest BCUT2D eigenvalue weighted by Crippen LogP contribution is -2.37. The average molecular weight is 417 g/mol. The molecule has 2 amide bonds. The van der Waals surface area contributed by atoms with Crippen LogP contribution in [0, 0.1) is 0 Å². The Hall–Kier alpha value is -4.20. The second kappa shape index (κ2) is 8.27. The number of hydrogen-bond donors (Lipinski definition) is 2. The van der Waals surface area contributed by atoms with E-state index < -0.39 is 24.5 Å². The molecule has 0 aliphatic heterocycles. The van der Waals surface area contributed by atoms with Crippen molar-refractivity contribution < 1.29 is 24.2 Å². The van der Waals surface area contributed by atoms with Crippen LogP contribution in [0.3, 0.4) is 0 Å². The minimum atomic E-state index is -1.23. The number of benzene rings is 2. The average Bonchev–Trinajstić information content (AvgIpc) is 3.09. The third-order valence-corrected chi connectivity index (χ3v) is 5.16. The maximum atomic E-state index is 12.8. The van der Waals surface area contributed by atoms with Gasteiger partial charge in [-0.25, -0.2) is 9.78 Å². The highest BCUT2D eigenvalue weighted by atomic mass is 16.6. The van der Waals surface area contributed by atoms with Crippen molar-refractivity contribution in [1.29, 1.82) is 0 Å². The van der Waals surface area contributed by atoms with E-state index in [1.54, 1.807) is 0 Å². The van der Waals surface area contributed by atoms with E-state index >= 15 is 0 Å². The summed E-state index contributed by atoms with van der Waals surface area (Å²) >= 11 is 0. The van der Waals surface area contributed by atoms with Gasteiger partial charge in [-0.15, -0.1) is 0 Å². The van der Waals surface area contributed by atoms with E-state index in [2.05, 4.69) is 4.98 Å². The summed E-state index contributed by atoms with van der Waals surface area (Å²) < 4.78 is 5.53. The van der Waals surface area contributed by atoms with Gasteiger partial charge in [0.25, 0.3) is 0 Å².